The summed E-state index contributed by atoms with van der Waals surface area (Å²) in [7, 11) is 0. The highest BCUT2D eigenvalue weighted by atomic mass is 19.4. The molecule has 0 aliphatic carbocycles. The zero-order valence-electron chi connectivity index (χ0n) is 10.4. The normalized spacial score (nSPS) is 20.4. The van der Waals surface area contributed by atoms with Gasteiger partial charge in [0.05, 0.1) is 0 Å². The van der Waals surface area contributed by atoms with Crippen molar-refractivity contribution in [3.05, 3.63) is 35.4 Å². The molecule has 0 bridgehead atoms. The van der Waals surface area contributed by atoms with Crippen molar-refractivity contribution in [1.82, 2.24) is 4.90 Å². The minimum atomic E-state index is -4.50. The largest absolute Gasteiger partial charge is 0.406 e. The van der Waals surface area contributed by atoms with Crippen LogP contribution >= 0.6 is 0 Å². The number of benzene rings is 1. The monoisotopic (exact) mass is 293 g/mol. The number of carbonyl (C=O) groups excluding carboxylic acids is 1. The molecule has 1 heterocycles. The molecular formula is C13H12F5NO. The molecule has 1 amide bonds. The van der Waals surface area contributed by atoms with Gasteiger partial charge >= 0.3 is 6.18 Å². The molecule has 0 aromatic heterocycles. The number of hydrogen-bond acceptors (Lipinski definition) is 1. The van der Waals surface area contributed by atoms with Crippen molar-refractivity contribution in [2.75, 3.05) is 13.1 Å². The van der Waals surface area contributed by atoms with Crippen LogP contribution < -0.4 is 0 Å². The van der Waals surface area contributed by atoms with Gasteiger partial charge in [0, 0.05) is 18.9 Å². The highest BCUT2D eigenvalue weighted by Gasteiger charge is 2.37. The first kappa shape index (κ1) is 14.7. The number of amides is 1. The summed E-state index contributed by atoms with van der Waals surface area (Å²) in [6.07, 6.45) is -4.39. The smallest absolute Gasteiger partial charge is 0.333 e. The number of hydrogen-bond donors (Lipinski definition) is 0. The SMILES string of the molecule is O=C1CCC(c2cccc(F)c2F)CN1CC(F)(F)F. The minimum Gasteiger partial charge on any atom is -0.333 e. The Morgan fingerprint density at radius 3 is 2.60 bits per heavy atom. The average molecular weight is 293 g/mol. The van der Waals surface area contributed by atoms with Crippen LogP contribution in [0, 0.1) is 11.6 Å². The lowest BCUT2D eigenvalue weighted by Crippen LogP contribution is -2.44. The Labute approximate surface area is 112 Å². The summed E-state index contributed by atoms with van der Waals surface area (Å²) in [6.45, 7) is -1.61. The molecule has 1 saturated heterocycles. The summed E-state index contributed by atoms with van der Waals surface area (Å²) in [5.41, 5.74) is 0.0182. The molecule has 1 aromatic rings. The standard InChI is InChI=1S/C13H12F5NO/c14-10-3-1-2-9(12(10)15)8-4-5-11(20)19(6-8)7-13(16,17)18/h1-3,8H,4-7H2. The van der Waals surface area contributed by atoms with Gasteiger partial charge in [-0.05, 0) is 18.1 Å². The molecule has 1 aliphatic rings. The lowest BCUT2D eigenvalue weighted by Gasteiger charge is -2.33. The first-order chi connectivity index (χ1) is 9.28. The molecule has 110 valence electrons. The van der Waals surface area contributed by atoms with Crippen molar-refractivity contribution in [3.63, 3.8) is 0 Å². The molecule has 2 nitrogen and oxygen atoms in total. The third kappa shape index (κ3) is 3.26. The second kappa shape index (κ2) is 5.38. The first-order valence-corrected chi connectivity index (χ1v) is 6.06. The number of halogens is 5. The second-order valence-electron chi connectivity index (χ2n) is 4.77. The van der Waals surface area contributed by atoms with E-state index in [2.05, 4.69) is 0 Å². The predicted octanol–water partition coefficient (Wildman–Crippen LogP) is 3.23. The number of nitrogens with zero attached hydrogens (tertiary/aromatic N) is 1. The zero-order valence-corrected chi connectivity index (χ0v) is 10.4. The van der Waals surface area contributed by atoms with Crippen LogP contribution in [-0.2, 0) is 4.79 Å². The zero-order chi connectivity index (χ0) is 14.9. The van der Waals surface area contributed by atoms with Crippen LogP contribution in [0.3, 0.4) is 0 Å². The Hall–Kier alpha value is -1.66. The average Bonchev–Trinajstić information content (AvgIpc) is 2.34. The van der Waals surface area contributed by atoms with E-state index in [9.17, 15) is 26.7 Å². The number of likely N-dealkylation sites (tertiary alicyclic amines) is 1. The number of piperidine rings is 1. The fourth-order valence-electron chi connectivity index (χ4n) is 2.37. The molecule has 1 unspecified atom stereocenters. The van der Waals surface area contributed by atoms with E-state index in [1.54, 1.807) is 0 Å². The van der Waals surface area contributed by atoms with E-state index < -0.39 is 36.2 Å². The Morgan fingerprint density at radius 2 is 1.95 bits per heavy atom. The Balaban J connectivity index is 2.18. The highest BCUT2D eigenvalue weighted by molar-refractivity contribution is 5.77. The molecule has 7 heteroatoms. The van der Waals surface area contributed by atoms with Gasteiger partial charge in [-0.15, -0.1) is 0 Å². The van der Waals surface area contributed by atoms with Crippen LogP contribution in [0.1, 0.15) is 24.3 Å². The van der Waals surface area contributed by atoms with Crippen LogP contribution in [0.4, 0.5) is 22.0 Å². The molecule has 0 radical (unpaired) electrons. The predicted molar refractivity (Wildman–Crippen MR) is 61.0 cm³/mol. The minimum absolute atomic E-state index is 0.0182. The van der Waals surface area contributed by atoms with Crippen LogP contribution in [0.2, 0.25) is 0 Å². The summed E-state index contributed by atoms with van der Waals surface area (Å²) in [6, 6.07) is 3.59. The van der Waals surface area contributed by atoms with E-state index in [4.69, 9.17) is 0 Å². The molecule has 1 aromatic carbocycles. The van der Waals surface area contributed by atoms with Crippen molar-refractivity contribution < 1.29 is 26.7 Å². The van der Waals surface area contributed by atoms with Gasteiger partial charge in [-0.3, -0.25) is 4.79 Å². The fraction of sp³-hybridized carbons (Fsp3) is 0.462. The van der Waals surface area contributed by atoms with Gasteiger partial charge < -0.3 is 4.90 Å². The highest BCUT2D eigenvalue weighted by Crippen LogP contribution is 2.31. The van der Waals surface area contributed by atoms with E-state index in [-0.39, 0.29) is 24.9 Å². The van der Waals surface area contributed by atoms with Crippen LogP contribution in [0.15, 0.2) is 18.2 Å². The first-order valence-electron chi connectivity index (χ1n) is 6.06. The van der Waals surface area contributed by atoms with E-state index >= 15 is 0 Å². The molecule has 1 fully saturated rings. The Morgan fingerprint density at radius 1 is 1.25 bits per heavy atom. The van der Waals surface area contributed by atoms with Crippen molar-refractivity contribution >= 4 is 5.91 Å². The number of carbonyl (C=O) groups is 1. The van der Waals surface area contributed by atoms with E-state index in [0.717, 1.165) is 6.07 Å². The summed E-state index contributed by atoms with van der Waals surface area (Å²) in [5.74, 6) is -3.33. The lowest BCUT2D eigenvalue weighted by molar-refractivity contribution is -0.164. The second-order valence-corrected chi connectivity index (χ2v) is 4.77. The topological polar surface area (TPSA) is 20.3 Å². The van der Waals surface area contributed by atoms with Crippen molar-refractivity contribution in [2.45, 2.75) is 24.9 Å². The lowest BCUT2D eigenvalue weighted by atomic mass is 9.90. The molecule has 0 N–H and O–H groups in total. The molecular weight excluding hydrogens is 281 g/mol. The summed E-state index contributed by atoms with van der Waals surface area (Å²) >= 11 is 0. The maximum atomic E-state index is 13.6. The molecule has 1 atom stereocenters. The van der Waals surface area contributed by atoms with Gasteiger partial charge in [0.25, 0.3) is 0 Å². The van der Waals surface area contributed by atoms with Gasteiger partial charge in [-0.2, -0.15) is 13.2 Å². The quantitative estimate of drug-likeness (QED) is 0.767. The van der Waals surface area contributed by atoms with Crippen LogP contribution in [0.25, 0.3) is 0 Å². The third-order valence-electron chi connectivity index (χ3n) is 3.29. The van der Waals surface area contributed by atoms with Crippen LogP contribution in [0.5, 0.6) is 0 Å². The molecule has 1 aliphatic heterocycles. The van der Waals surface area contributed by atoms with Gasteiger partial charge in [-0.25, -0.2) is 8.78 Å². The van der Waals surface area contributed by atoms with Gasteiger partial charge in [0.1, 0.15) is 6.54 Å². The van der Waals surface area contributed by atoms with Gasteiger partial charge in [-0.1, -0.05) is 12.1 Å². The maximum absolute atomic E-state index is 13.6. The van der Waals surface area contributed by atoms with Crippen molar-refractivity contribution in [3.8, 4) is 0 Å². The van der Waals surface area contributed by atoms with Gasteiger partial charge in [0.2, 0.25) is 5.91 Å². The fourth-order valence-corrected chi connectivity index (χ4v) is 2.37. The summed E-state index contributed by atoms with van der Waals surface area (Å²) < 4.78 is 63.9. The summed E-state index contributed by atoms with van der Waals surface area (Å²) in [5, 5.41) is 0. The van der Waals surface area contributed by atoms with Crippen molar-refractivity contribution in [1.29, 1.82) is 0 Å². The van der Waals surface area contributed by atoms with Crippen LogP contribution in [-0.4, -0.2) is 30.1 Å². The molecule has 20 heavy (non-hydrogen) atoms. The Kier molecular flexibility index (Phi) is 3.96. The Bertz CT molecular complexity index is 514. The number of rotatable bonds is 2. The number of alkyl halides is 3. The summed E-state index contributed by atoms with van der Waals surface area (Å²) in [4.78, 5) is 12.1. The van der Waals surface area contributed by atoms with E-state index in [0.29, 0.717) is 4.90 Å². The molecule has 0 spiro atoms. The van der Waals surface area contributed by atoms with Gasteiger partial charge in [0.15, 0.2) is 11.6 Å². The molecule has 2 rings (SSSR count). The van der Waals surface area contributed by atoms with E-state index in [1.807, 2.05) is 0 Å². The molecule has 0 saturated carbocycles. The van der Waals surface area contributed by atoms with E-state index in [1.165, 1.54) is 12.1 Å². The van der Waals surface area contributed by atoms with Crippen molar-refractivity contribution in [2.24, 2.45) is 0 Å². The third-order valence-corrected chi connectivity index (χ3v) is 3.29. The maximum Gasteiger partial charge on any atom is 0.406 e.